The van der Waals surface area contributed by atoms with Crippen LogP contribution in [0.2, 0.25) is 0 Å². The lowest BCUT2D eigenvalue weighted by Crippen LogP contribution is -2.11. The highest BCUT2D eigenvalue weighted by molar-refractivity contribution is 5.64. The van der Waals surface area contributed by atoms with Gasteiger partial charge in [-0.05, 0) is 43.5 Å². The zero-order valence-electron chi connectivity index (χ0n) is 16.9. The van der Waals surface area contributed by atoms with Gasteiger partial charge < -0.3 is 4.74 Å². The fourth-order valence-corrected chi connectivity index (χ4v) is 3.25. The van der Waals surface area contributed by atoms with Crippen molar-refractivity contribution in [1.29, 1.82) is 5.26 Å². The number of hydrogen-bond donors (Lipinski definition) is 0. The van der Waals surface area contributed by atoms with Gasteiger partial charge in [0, 0.05) is 11.6 Å². The van der Waals surface area contributed by atoms with E-state index in [0.717, 1.165) is 36.2 Å². The van der Waals surface area contributed by atoms with E-state index in [9.17, 15) is 0 Å². The molecular formula is C24H27N3O. The minimum absolute atomic E-state index is 0.549. The van der Waals surface area contributed by atoms with Crippen LogP contribution in [0.25, 0.3) is 16.9 Å². The fourth-order valence-electron chi connectivity index (χ4n) is 3.25. The molecule has 0 saturated carbocycles. The first-order chi connectivity index (χ1) is 13.6. The Balaban J connectivity index is 1.94. The number of nitrogens with zero attached hydrogens (tertiary/aromatic N) is 3. The average Bonchev–Trinajstić information content (AvgIpc) is 3.16. The molecule has 0 bridgehead atoms. The van der Waals surface area contributed by atoms with Crippen LogP contribution < -0.4 is 4.74 Å². The molecule has 2 aromatic carbocycles. The van der Waals surface area contributed by atoms with Crippen molar-refractivity contribution in [3.05, 3.63) is 65.7 Å². The van der Waals surface area contributed by atoms with Crippen LogP contribution in [-0.2, 0) is 0 Å². The fraction of sp³-hybridized carbons (Fsp3) is 0.333. The van der Waals surface area contributed by atoms with E-state index in [1.54, 1.807) is 0 Å². The van der Waals surface area contributed by atoms with Crippen molar-refractivity contribution in [2.45, 2.75) is 40.0 Å². The molecule has 1 unspecified atom stereocenters. The Bertz CT molecular complexity index is 933. The maximum atomic E-state index is 9.06. The molecule has 144 valence electrons. The summed E-state index contributed by atoms with van der Waals surface area (Å²) in [7, 11) is 0. The SMILES string of the molecule is CCCC(CC)COc1cc(-c2ccc(C)cc2)n(-c2ccc(C#N)cc2)n1. The number of aryl methyl sites for hydroxylation is 1. The smallest absolute Gasteiger partial charge is 0.233 e. The second-order valence-electron chi connectivity index (χ2n) is 7.18. The molecule has 0 fully saturated rings. The molecule has 1 heterocycles. The average molecular weight is 374 g/mol. The van der Waals surface area contributed by atoms with Gasteiger partial charge in [-0.1, -0.05) is 56.5 Å². The molecule has 4 nitrogen and oxygen atoms in total. The van der Waals surface area contributed by atoms with Crippen molar-refractivity contribution in [2.24, 2.45) is 5.92 Å². The molecule has 3 rings (SSSR count). The van der Waals surface area contributed by atoms with Gasteiger partial charge in [0.15, 0.2) is 0 Å². The van der Waals surface area contributed by atoms with E-state index in [4.69, 9.17) is 15.1 Å². The van der Waals surface area contributed by atoms with Gasteiger partial charge in [0.2, 0.25) is 5.88 Å². The van der Waals surface area contributed by atoms with Gasteiger partial charge in [-0.15, -0.1) is 5.10 Å². The summed E-state index contributed by atoms with van der Waals surface area (Å²) in [4.78, 5) is 0. The molecule has 1 atom stereocenters. The van der Waals surface area contributed by atoms with Crippen molar-refractivity contribution in [2.75, 3.05) is 6.61 Å². The molecule has 0 spiro atoms. The highest BCUT2D eigenvalue weighted by Crippen LogP contribution is 2.28. The molecule has 0 aliphatic rings. The van der Waals surface area contributed by atoms with Gasteiger partial charge in [0.05, 0.1) is 29.6 Å². The van der Waals surface area contributed by atoms with E-state index < -0.39 is 0 Å². The molecule has 0 aliphatic heterocycles. The summed E-state index contributed by atoms with van der Waals surface area (Å²) in [5.41, 5.74) is 4.82. The number of hydrogen-bond acceptors (Lipinski definition) is 3. The summed E-state index contributed by atoms with van der Waals surface area (Å²) in [5.74, 6) is 1.18. The Morgan fingerprint density at radius 2 is 1.79 bits per heavy atom. The maximum absolute atomic E-state index is 9.06. The summed E-state index contributed by atoms with van der Waals surface area (Å²) in [6.07, 6.45) is 3.43. The second-order valence-corrected chi connectivity index (χ2v) is 7.18. The van der Waals surface area contributed by atoms with Crippen LogP contribution in [0.1, 0.15) is 44.2 Å². The molecule has 28 heavy (non-hydrogen) atoms. The highest BCUT2D eigenvalue weighted by atomic mass is 16.5. The van der Waals surface area contributed by atoms with Crippen LogP contribution in [0.5, 0.6) is 5.88 Å². The normalized spacial score (nSPS) is 11.8. The van der Waals surface area contributed by atoms with Crippen LogP contribution in [-0.4, -0.2) is 16.4 Å². The van der Waals surface area contributed by atoms with Gasteiger partial charge in [-0.25, -0.2) is 4.68 Å². The third kappa shape index (κ3) is 4.61. The quantitative estimate of drug-likeness (QED) is 0.492. The van der Waals surface area contributed by atoms with Gasteiger partial charge in [-0.3, -0.25) is 0 Å². The Hall–Kier alpha value is -3.06. The Morgan fingerprint density at radius 3 is 2.39 bits per heavy atom. The highest BCUT2D eigenvalue weighted by Gasteiger charge is 2.14. The van der Waals surface area contributed by atoms with Crippen LogP contribution in [0.4, 0.5) is 0 Å². The van der Waals surface area contributed by atoms with Crippen molar-refractivity contribution >= 4 is 0 Å². The van der Waals surface area contributed by atoms with E-state index in [1.807, 2.05) is 35.0 Å². The monoisotopic (exact) mass is 373 g/mol. The van der Waals surface area contributed by atoms with E-state index >= 15 is 0 Å². The number of rotatable bonds is 8. The lowest BCUT2D eigenvalue weighted by molar-refractivity contribution is 0.226. The zero-order chi connectivity index (χ0) is 19.9. The molecule has 0 saturated heterocycles. The summed E-state index contributed by atoms with van der Waals surface area (Å²) in [5, 5.41) is 13.8. The Labute approximate surface area is 167 Å². The van der Waals surface area contributed by atoms with Crippen LogP contribution in [0.15, 0.2) is 54.6 Å². The van der Waals surface area contributed by atoms with Crippen molar-refractivity contribution < 1.29 is 4.74 Å². The van der Waals surface area contributed by atoms with Gasteiger partial charge in [0.25, 0.3) is 0 Å². The summed E-state index contributed by atoms with van der Waals surface area (Å²) in [6, 6.07) is 20.0. The predicted octanol–water partition coefficient (Wildman–Crippen LogP) is 5.92. The van der Waals surface area contributed by atoms with E-state index in [1.165, 1.54) is 5.56 Å². The number of ether oxygens (including phenoxy) is 1. The molecule has 3 aromatic rings. The first-order valence-electron chi connectivity index (χ1n) is 9.95. The largest absolute Gasteiger partial charge is 0.476 e. The molecular weight excluding hydrogens is 346 g/mol. The summed E-state index contributed by atoms with van der Waals surface area (Å²) < 4.78 is 7.95. The van der Waals surface area contributed by atoms with Crippen LogP contribution in [0, 0.1) is 24.2 Å². The Morgan fingerprint density at radius 1 is 1.07 bits per heavy atom. The first kappa shape index (κ1) is 19.7. The topological polar surface area (TPSA) is 50.8 Å². The Kier molecular flexibility index (Phi) is 6.49. The summed E-state index contributed by atoms with van der Waals surface area (Å²) in [6.45, 7) is 7.17. The van der Waals surface area contributed by atoms with Crippen molar-refractivity contribution in [1.82, 2.24) is 9.78 Å². The van der Waals surface area contributed by atoms with Gasteiger partial charge in [-0.2, -0.15) is 5.26 Å². The summed E-state index contributed by atoms with van der Waals surface area (Å²) >= 11 is 0. The van der Waals surface area contributed by atoms with Gasteiger partial charge >= 0.3 is 0 Å². The van der Waals surface area contributed by atoms with E-state index in [-0.39, 0.29) is 0 Å². The van der Waals surface area contributed by atoms with Crippen molar-refractivity contribution in [3.8, 4) is 28.9 Å². The molecule has 0 N–H and O–H groups in total. The third-order valence-electron chi connectivity index (χ3n) is 5.02. The van der Waals surface area contributed by atoms with Crippen LogP contribution in [0.3, 0.4) is 0 Å². The van der Waals surface area contributed by atoms with E-state index in [0.29, 0.717) is 24.0 Å². The number of aromatic nitrogens is 2. The lowest BCUT2D eigenvalue weighted by atomic mass is 10.0. The lowest BCUT2D eigenvalue weighted by Gasteiger charge is -2.13. The standard InChI is InChI=1S/C24H27N3O/c1-4-6-19(5-2)17-28-24-15-23(21-11-7-18(3)8-12-21)27(26-24)22-13-9-20(16-25)10-14-22/h7-15,19H,4-6,17H2,1-3H3. The molecule has 0 aliphatic carbocycles. The first-order valence-corrected chi connectivity index (χ1v) is 9.95. The van der Waals surface area contributed by atoms with Gasteiger partial charge in [0.1, 0.15) is 0 Å². The second kappa shape index (κ2) is 9.23. The number of benzene rings is 2. The minimum Gasteiger partial charge on any atom is -0.476 e. The maximum Gasteiger partial charge on any atom is 0.233 e. The molecule has 0 radical (unpaired) electrons. The molecule has 4 heteroatoms. The van der Waals surface area contributed by atoms with E-state index in [2.05, 4.69) is 51.1 Å². The van der Waals surface area contributed by atoms with Crippen LogP contribution >= 0.6 is 0 Å². The molecule has 0 amide bonds. The number of nitriles is 1. The minimum atomic E-state index is 0.549. The zero-order valence-corrected chi connectivity index (χ0v) is 16.9. The van der Waals surface area contributed by atoms with Crippen molar-refractivity contribution in [3.63, 3.8) is 0 Å². The predicted molar refractivity (Wildman–Crippen MR) is 113 cm³/mol. The third-order valence-corrected chi connectivity index (χ3v) is 5.02. The molecule has 1 aromatic heterocycles.